The molecule has 1 aliphatic carbocycles. The molecule has 0 spiro atoms. The number of piperidine rings is 1. The number of Topliss-reactive ketones (excluding diaryl/α,β-unsaturated/α-hetero) is 2. The first-order chi connectivity index (χ1) is 37.7. The van der Waals surface area contributed by atoms with E-state index in [2.05, 4.69) is 5.32 Å². The van der Waals surface area contributed by atoms with Crippen molar-refractivity contribution < 1.29 is 81.9 Å². The third-order valence-electron chi connectivity index (χ3n) is 16.4. The van der Waals surface area contributed by atoms with Gasteiger partial charge in [-0.2, -0.15) is 0 Å². The summed E-state index contributed by atoms with van der Waals surface area (Å²) in [4.78, 5) is 71.3. The normalized spacial score (nSPS) is 36.2. The summed E-state index contributed by atoms with van der Waals surface area (Å²) in [6, 6.07) is -1.16. The number of amides is 2. The van der Waals surface area contributed by atoms with Gasteiger partial charge in [-0.1, -0.05) is 71.1 Å². The van der Waals surface area contributed by atoms with E-state index in [1.54, 1.807) is 41.1 Å². The number of carbonyl (C=O) groups is 5. The van der Waals surface area contributed by atoms with Gasteiger partial charge in [0.15, 0.2) is 5.78 Å². The quantitative estimate of drug-likeness (QED) is 0.0508. The predicted octanol–water partition coefficient (Wildman–Crippen LogP) is 6.78. The van der Waals surface area contributed by atoms with Crippen LogP contribution in [0.4, 0.5) is 4.79 Å². The third-order valence-corrected chi connectivity index (χ3v) is 16.4. The number of methoxy groups -OCH3 is 3. The predicted molar refractivity (Wildman–Crippen MR) is 297 cm³/mol. The summed E-state index contributed by atoms with van der Waals surface area (Å²) in [6.45, 7) is 17.8. The Labute approximate surface area is 470 Å². The monoisotopic (exact) mass is 1120 g/mol. The fraction of sp³-hybridized carbons (Fsp3) is 0.783. The summed E-state index contributed by atoms with van der Waals surface area (Å²) in [5.74, 6) is -7.69. The molecule has 4 N–H and O–H groups in total. The molecule has 3 aliphatic heterocycles. The Kier molecular flexibility index (Phi) is 29.6. The standard InChI is InChI=1S/C60H98N2O17/c1-12-74-28-29-76-31-30-75-27-25-61-59(69)78-49-24-22-45(35-52(49)72-10)34-41(5)51-37-48(63)40(4)33-43(7)54(65)55(73-11)53(64)42(6)32-38(2)18-14-13-15-19-39(3)50(71-9)36-46-23-21-44(8)60(70,79-46)56(66)57(67)62-26-17-16-20-47(62)58(68)77-51/h13-15,18-19,33,38,40-42,44-52,54-55,63,65,70H,12,16-17,20-32,34-37H2,1-11H3,(H,61,69)/b15-13+,18-14+,39-19+,43-33+/t38-,40-,41-,42-,44-,45+,46+,47+,48-,49-,50+,51+,52-,54-,55+,60-/m1/s1. The van der Waals surface area contributed by atoms with Crippen molar-refractivity contribution in [1.82, 2.24) is 10.2 Å². The number of allylic oxidation sites excluding steroid dienone is 5. The average Bonchev–Trinajstić information content (AvgIpc) is 3.47. The van der Waals surface area contributed by atoms with Crippen molar-refractivity contribution in [1.29, 1.82) is 0 Å². The van der Waals surface area contributed by atoms with Gasteiger partial charge in [0.2, 0.25) is 5.79 Å². The molecule has 3 heterocycles. The second-order valence-electron chi connectivity index (χ2n) is 22.5. The summed E-state index contributed by atoms with van der Waals surface area (Å²) in [7, 11) is 4.54. The molecule has 1 saturated carbocycles. The van der Waals surface area contributed by atoms with Crippen LogP contribution in [-0.4, -0.2) is 184 Å². The first kappa shape index (κ1) is 67.6. The molecule has 0 aromatic rings. The van der Waals surface area contributed by atoms with Crippen LogP contribution in [0.15, 0.2) is 47.6 Å². The summed E-state index contributed by atoms with van der Waals surface area (Å²) in [5, 5.41) is 38.3. The minimum Gasteiger partial charge on any atom is -0.460 e. The Morgan fingerprint density at radius 1 is 0.810 bits per heavy atom. The van der Waals surface area contributed by atoms with Gasteiger partial charge < -0.3 is 68.2 Å². The zero-order valence-corrected chi connectivity index (χ0v) is 49.3. The lowest BCUT2D eigenvalue weighted by molar-refractivity contribution is -0.265. The number of hydrogen-bond donors (Lipinski definition) is 4. The number of alkyl carbamates (subject to hydrolysis) is 1. The lowest BCUT2D eigenvalue weighted by Gasteiger charge is -2.43. The maximum Gasteiger partial charge on any atom is 0.407 e. The SMILES string of the molecule is CCOCCOCCOCCNC(=O)O[C@@H]1CC[C@@H](C[C@@H](C)[C@@H]2C[C@@H](O)[C@H](C)/C=C(\C)[C@@H](O)[C@@H](OC)C(=O)[C@H](C)C[C@H](C)/C=C/C=C/C=C(\C)[C@@H](OC)C[C@@H]3CC[C@@H](C)[C@@](O)(O3)C(=O)C(=O)N3CCCC[C@H]3C(=O)O2)C[C@H]1OC. The fourth-order valence-corrected chi connectivity index (χ4v) is 11.4. The topological polar surface area (TPSA) is 244 Å². The number of nitrogens with zero attached hydrogens (tertiary/aromatic N) is 1. The smallest absolute Gasteiger partial charge is 0.407 e. The van der Waals surface area contributed by atoms with Crippen molar-refractivity contribution in [3.05, 3.63) is 47.6 Å². The van der Waals surface area contributed by atoms with Gasteiger partial charge >= 0.3 is 12.1 Å². The van der Waals surface area contributed by atoms with Crippen molar-refractivity contribution in [2.75, 3.05) is 74.1 Å². The molecule has 19 heteroatoms. The van der Waals surface area contributed by atoms with E-state index in [0.29, 0.717) is 103 Å². The molecule has 0 aromatic carbocycles. The highest BCUT2D eigenvalue weighted by atomic mass is 16.6. The number of hydrogen-bond acceptors (Lipinski definition) is 17. The van der Waals surface area contributed by atoms with Gasteiger partial charge in [0, 0.05) is 71.6 Å². The van der Waals surface area contributed by atoms with Crippen molar-refractivity contribution >= 4 is 29.5 Å². The zero-order valence-electron chi connectivity index (χ0n) is 49.3. The molecule has 0 unspecified atom stereocenters. The number of cyclic esters (lactones) is 1. The Balaban J connectivity index is 1.58. The van der Waals surface area contributed by atoms with Crippen LogP contribution in [0.25, 0.3) is 0 Å². The van der Waals surface area contributed by atoms with Crippen LogP contribution in [0.3, 0.4) is 0 Å². The van der Waals surface area contributed by atoms with Crippen LogP contribution >= 0.6 is 0 Å². The van der Waals surface area contributed by atoms with Crippen molar-refractivity contribution in [2.24, 2.45) is 35.5 Å². The Morgan fingerprint density at radius 2 is 1.52 bits per heavy atom. The van der Waals surface area contributed by atoms with Gasteiger partial charge in [0.1, 0.15) is 30.5 Å². The van der Waals surface area contributed by atoms with E-state index in [1.165, 1.54) is 12.0 Å². The molecular formula is C60H98N2O17. The number of ketones is 2. The second kappa shape index (κ2) is 34.5. The highest BCUT2D eigenvalue weighted by molar-refractivity contribution is 6.39. The number of carbonyl (C=O) groups excluding carboxylic acids is 5. The lowest BCUT2D eigenvalue weighted by atomic mass is 9.78. The number of nitrogens with one attached hydrogen (secondary N) is 1. The van der Waals surface area contributed by atoms with Gasteiger partial charge in [-0.3, -0.25) is 14.4 Å². The number of aliphatic hydroxyl groups excluding tert-OH is 2. The molecule has 2 bridgehead atoms. The molecule has 0 aromatic heterocycles. The van der Waals surface area contributed by atoms with Crippen LogP contribution in [0.5, 0.6) is 0 Å². The molecule has 2 saturated heterocycles. The highest BCUT2D eigenvalue weighted by Crippen LogP contribution is 2.38. The molecule has 0 radical (unpaired) electrons. The van der Waals surface area contributed by atoms with E-state index in [0.717, 1.165) is 5.57 Å². The van der Waals surface area contributed by atoms with E-state index < -0.39 is 102 Å². The van der Waals surface area contributed by atoms with Crippen LogP contribution in [0.2, 0.25) is 0 Å². The molecule has 79 heavy (non-hydrogen) atoms. The largest absolute Gasteiger partial charge is 0.460 e. The third kappa shape index (κ3) is 20.8. The Morgan fingerprint density at radius 3 is 2.20 bits per heavy atom. The van der Waals surface area contributed by atoms with E-state index in [4.69, 9.17) is 42.6 Å². The summed E-state index contributed by atoms with van der Waals surface area (Å²) >= 11 is 0. The molecule has 450 valence electrons. The second-order valence-corrected chi connectivity index (χ2v) is 22.5. The molecule has 3 fully saturated rings. The minimum absolute atomic E-state index is 0.00996. The van der Waals surface area contributed by atoms with Crippen molar-refractivity contribution in [3.63, 3.8) is 0 Å². The van der Waals surface area contributed by atoms with Crippen molar-refractivity contribution in [2.45, 2.75) is 193 Å². The average molecular weight is 1120 g/mol. The molecule has 16 atom stereocenters. The van der Waals surface area contributed by atoms with Gasteiger partial charge in [0.05, 0.1) is 57.5 Å². The van der Waals surface area contributed by atoms with Gasteiger partial charge in [-0.05, 0) is 114 Å². The number of aliphatic hydroxyl groups is 3. The molecule has 4 rings (SSSR count). The lowest BCUT2D eigenvalue weighted by Crippen LogP contribution is -2.61. The zero-order chi connectivity index (χ0) is 58.2. The fourth-order valence-electron chi connectivity index (χ4n) is 11.4. The van der Waals surface area contributed by atoms with Crippen LogP contribution in [0, 0.1) is 35.5 Å². The maximum atomic E-state index is 14.6. The van der Waals surface area contributed by atoms with Crippen LogP contribution in [-0.2, 0) is 61.8 Å². The molecule has 2 amide bonds. The van der Waals surface area contributed by atoms with Crippen molar-refractivity contribution in [3.8, 4) is 0 Å². The minimum atomic E-state index is -2.45. The van der Waals surface area contributed by atoms with E-state index in [9.17, 15) is 39.3 Å². The first-order valence-electron chi connectivity index (χ1n) is 29.0. The number of fused-ring (bicyclic) bond motifs is 3. The van der Waals surface area contributed by atoms with E-state index in [1.807, 2.05) is 65.0 Å². The molecule has 19 nitrogen and oxygen atoms in total. The summed E-state index contributed by atoms with van der Waals surface area (Å²) in [6.07, 6.45) is 9.49. The summed E-state index contributed by atoms with van der Waals surface area (Å²) < 4.78 is 52.0. The van der Waals surface area contributed by atoms with E-state index >= 15 is 0 Å². The Hall–Kier alpha value is -3.89. The highest BCUT2D eigenvalue weighted by Gasteiger charge is 2.53. The van der Waals surface area contributed by atoms with Crippen LogP contribution < -0.4 is 5.32 Å². The van der Waals surface area contributed by atoms with Crippen LogP contribution in [0.1, 0.15) is 132 Å². The summed E-state index contributed by atoms with van der Waals surface area (Å²) in [5.41, 5.74) is 1.30. The van der Waals surface area contributed by atoms with E-state index in [-0.39, 0.29) is 56.1 Å². The molecular weight excluding hydrogens is 1020 g/mol. The van der Waals surface area contributed by atoms with Gasteiger partial charge in [0.25, 0.3) is 11.7 Å². The van der Waals surface area contributed by atoms with Gasteiger partial charge in [-0.25, -0.2) is 9.59 Å². The number of ether oxygens (including phenoxy) is 9. The maximum absolute atomic E-state index is 14.6. The number of esters is 1. The first-order valence-corrected chi connectivity index (χ1v) is 29.0. The molecule has 4 aliphatic rings. The van der Waals surface area contributed by atoms with Gasteiger partial charge in [-0.15, -0.1) is 0 Å². The number of rotatable bonds is 17. The Bertz CT molecular complexity index is 2030.